The number of halogens is 1. The molecule has 0 amide bonds. The third-order valence-corrected chi connectivity index (χ3v) is 5.45. The van der Waals surface area contributed by atoms with Crippen LogP contribution in [0.5, 0.6) is 0 Å². The van der Waals surface area contributed by atoms with E-state index < -0.39 is 16.0 Å². The average molecular weight is 420 g/mol. The molecule has 3 aromatic rings. The summed E-state index contributed by atoms with van der Waals surface area (Å²) in [6.07, 6.45) is 1.27. The maximum atomic E-state index is 12.9. The van der Waals surface area contributed by atoms with Gasteiger partial charge < -0.3 is 4.74 Å². The van der Waals surface area contributed by atoms with Gasteiger partial charge in [-0.2, -0.15) is 5.10 Å². The van der Waals surface area contributed by atoms with Crippen LogP contribution in [0.2, 0.25) is 5.02 Å². The molecular weight excluding hydrogens is 402 g/mol. The normalized spacial score (nSPS) is 11.2. The van der Waals surface area contributed by atoms with Crippen LogP contribution in [0, 0.1) is 6.92 Å². The smallest absolute Gasteiger partial charge is 0.343 e. The Morgan fingerprint density at radius 3 is 2.57 bits per heavy atom. The van der Waals surface area contributed by atoms with Gasteiger partial charge in [0, 0.05) is 5.02 Å². The van der Waals surface area contributed by atoms with Crippen LogP contribution >= 0.6 is 11.6 Å². The Hall–Kier alpha value is -2.84. The minimum Gasteiger partial charge on any atom is -0.462 e. The van der Waals surface area contributed by atoms with Crippen molar-refractivity contribution in [2.75, 3.05) is 11.3 Å². The fraction of sp³-hybridized carbons (Fsp3) is 0.158. The monoisotopic (exact) mass is 419 g/mol. The summed E-state index contributed by atoms with van der Waals surface area (Å²) in [7, 11) is -4.02. The number of nitrogens with one attached hydrogen (secondary N) is 1. The first kappa shape index (κ1) is 19.9. The summed E-state index contributed by atoms with van der Waals surface area (Å²) in [5.41, 5.74) is 1.63. The molecule has 0 radical (unpaired) electrons. The first-order chi connectivity index (χ1) is 13.3. The predicted molar refractivity (Wildman–Crippen MR) is 107 cm³/mol. The van der Waals surface area contributed by atoms with Crippen LogP contribution in [0.15, 0.2) is 59.6 Å². The fourth-order valence-corrected chi connectivity index (χ4v) is 3.87. The fourth-order valence-electron chi connectivity index (χ4n) is 2.51. The van der Waals surface area contributed by atoms with Gasteiger partial charge in [-0.05, 0) is 44.2 Å². The molecular formula is C19H18ClN3O4S. The van der Waals surface area contributed by atoms with Crippen molar-refractivity contribution < 1.29 is 17.9 Å². The first-order valence-corrected chi connectivity index (χ1v) is 10.3. The van der Waals surface area contributed by atoms with Crippen LogP contribution in [0.4, 0.5) is 5.82 Å². The van der Waals surface area contributed by atoms with Gasteiger partial charge in [-0.25, -0.2) is 17.9 Å². The summed E-state index contributed by atoms with van der Waals surface area (Å²) >= 11 is 5.91. The Labute approximate surface area is 168 Å². The van der Waals surface area contributed by atoms with Crippen molar-refractivity contribution in [2.24, 2.45) is 0 Å². The molecule has 146 valence electrons. The highest BCUT2D eigenvalue weighted by atomic mass is 35.5. The Balaban J connectivity index is 2.10. The second kappa shape index (κ2) is 8.04. The van der Waals surface area contributed by atoms with Gasteiger partial charge in [-0.1, -0.05) is 35.4 Å². The number of anilines is 1. The molecule has 9 heteroatoms. The summed E-state index contributed by atoms with van der Waals surface area (Å²) < 4.78 is 34.5. The molecule has 0 saturated carbocycles. The molecule has 1 aromatic heterocycles. The summed E-state index contributed by atoms with van der Waals surface area (Å²) in [4.78, 5) is 12.3. The Bertz CT molecular complexity index is 1110. The number of esters is 1. The van der Waals surface area contributed by atoms with E-state index in [9.17, 15) is 13.2 Å². The lowest BCUT2D eigenvalue weighted by Crippen LogP contribution is -2.18. The van der Waals surface area contributed by atoms with Crippen molar-refractivity contribution in [1.82, 2.24) is 9.78 Å². The van der Waals surface area contributed by atoms with Crippen LogP contribution in [-0.4, -0.2) is 30.8 Å². The van der Waals surface area contributed by atoms with Gasteiger partial charge in [0.15, 0.2) is 5.82 Å². The molecule has 0 fully saturated rings. The third-order valence-electron chi connectivity index (χ3n) is 3.88. The SMILES string of the molecule is CCOC(=O)c1cnn(-c2ccc(C)cc2)c1NS(=O)(=O)c1cccc(Cl)c1. The molecule has 0 saturated heterocycles. The molecule has 28 heavy (non-hydrogen) atoms. The van der Waals surface area contributed by atoms with E-state index in [1.54, 1.807) is 25.1 Å². The molecule has 0 atom stereocenters. The van der Waals surface area contributed by atoms with E-state index in [2.05, 4.69) is 9.82 Å². The first-order valence-electron chi connectivity index (χ1n) is 8.42. The zero-order valence-corrected chi connectivity index (χ0v) is 16.8. The molecule has 0 aliphatic rings. The number of sulfonamides is 1. The quantitative estimate of drug-likeness (QED) is 0.613. The van der Waals surface area contributed by atoms with E-state index in [1.807, 2.05) is 19.1 Å². The number of rotatable bonds is 6. The van der Waals surface area contributed by atoms with E-state index in [0.717, 1.165) is 5.56 Å². The number of hydrogen-bond acceptors (Lipinski definition) is 5. The number of ether oxygens (including phenoxy) is 1. The molecule has 2 aromatic carbocycles. The zero-order valence-electron chi connectivity index (χ0n) is 15.2. The van der Waals surface area contributed by atoms with E-state index in [-0.39, 0.29) is 27.9 Å². The van der Waals surface area contributed by atoms with Crippen molar-refractivity contribution >= 4 is 33.4 Å². The second-order valence-electron chi connectivity index (χ2n) is 5.94. The molecule has 1 N–H and O–H groups in total. The zero-order chi connectivity index (χ0) is 20.3. The molecule has 3 rings (SSSR count). The Morgan fingerprint density at radius 2 is 1.93 bits per heavy atom. The van der Waals surface area contributed by atoms with Gasteiger partial charge in [0.05, 0.1) is 23.4 Å². The van der Waals surface area contributed by atoms with Gasteiger partial charge >= 0.3 is 5.97 Å². The number of hydrogen-bond donors (Lipinski definition) is 1. The molecule has 7 nitrogen and oxygen atoms in total. The van der Waals surface area contributed by atoms with Crippen molar-refractivity contribution in [2.45, 2.75) is 18.7 Å². The molecule has 0 unspecified atom stereocenters. The van der Waals surface area contributed by atoms with Crippen LogP contribution in [0.1, 0.15) is 22.8 Å². The predicted octanol–water partition coefficient (Wildman–Crippen LogP) is 3.81. The van der Waals surface area contributed by atoms with Gasteiger partial charge in [0.1, 0.15) is 5.56 Å². The van der Waals surface area contributed by atoms with Crippen molar-refractivity contribution in [1.29, 1.82) is 0 Å². The third kappa shape index (κ3) is 4.18. The maximum Gasteiger partial charge on any atom is 0.343 e. The summed E-state index contributed by atoms with van der Waals surface area (Å²) in [6.45, 7) is 3.74. The van der Waals surface area contributed by atoms with E-state index in [0.29, 0.717) is 5.69 Å². The van der Waals surface area contributed by atoms with Crippen molar-refractivity contribution in [3.63, 3.8) is 0 Å². The second-order valence-corrected chi connectivity index (χ2v) is 8.06. The molecule has 0 aliphatic carbocycles. The average Bonchev–Trinajstić information content (AvgIpc) is 3.05. The number of nitrogens with zero attached hydrogens (tertiary/aromatic N) is 2. The standard InChI is InChI=1S/C19H18ClN3O4S/c1-3-27-19(24)17-12-21-23(15-9-7-13(2)8-10-15)18(17)22-28(25,26)16-6-4-5-14(20)11-16/h4-12,22H,3H2,1-2H3. The number of benzene rings is 2. The van der Waals surface area contributed by atoms with E-state index >= 15 is 0 Å². The van der Waals surface area contributed by atoms with Gasteiger partial charge in [0.25, 0.3) is 10.0 Å². The molecule has 0 spiro atoms. The van der Waals surface area contributed by atoms with Gasteiger partial charge in [0.2, 0.25) is 0 Å². The minimum atomic E-state index is -4.02. The van der Waals surface area contributed by atoms with Crippen molar-refractivity contribution in [3.05, 3.63) is 70.9 Å². The van der Waals surface area contributed by atoms with E-state index in [1.165, 1.54) is 29.1 Å². The van der Waals surface area contributed by atoms with Crippen LogP contribution in [0.3, 0.4) is 0 Å². The summed E-state index contributed by atoms with van der Waals surface area (Å²) in [6, 6.07) is 13.1. The lowest BCUT2D eigenvalue weighted by molar-refractivity contribution is 0.0527. The number of aryl methyl sites for hydroxylation is 1. The van der Waals surface area contributed by atoms with E-state index in [4.69, 9.17) is 16.3 Å². The Kier molecular flexibility index (Phi) is 5.71. The summed E-state index contributed by atoms with van der Waals surface area (Å²) in [5.74, 6) is -0.688. The molecule has 0 aliphatic heterocycles. The summed E-state index contributed by atoms with van der Waals surface area (Å²) in [5, 5.41) is 4.46. The van der Waals surface area contributed by atoms with Crippen LogP contribution < -0.4 is 4.72 Å². The van der Waals surface area contributed by atoms with Crippen LogP contribution in [-0.2, 0) is 14.8 Å². The lowest BCUT2D eigenvalue weighted by atomic mass is 10.2. The highest BCUT2D eigenvalue weighted by Gasteiger charge is 2.25. The lowest BCUT2D eigenvalue weighted by Gasteiger charge is -2.13. The molecule has 0 bridgehead atoms. The number of aromatic nitrogens is 2. The van der Waals surface area contributed by atoms with Crippen LogP contribution in [0.25, 0.3) is 5.69 Å². The maximum absolute atomic E-state index is 12.9. The minimum absolute atomic E-state index is 0.00743. The van der Waals surface area contributed by atoms with Gasteiger partial charge in [-0.15, -0.1) is 0 Å². The highest BCUT2D eigenvalue weighted by molar-refractivity contribution is 7.92. The number of carbonyl (C=O) groups is 1. The largest absolute Gasteiger partial charge is 0.462 e. The molecule has 1 heterocycles. The van der Waals surface area contributed by atoms with Gasteiger partial charge in [-0.3, -0.25) is 4.72 Å². The van der Waals surface area contributed by atoms with Crippen molar-refractivity contribution in [3.8, 4) is 5.69 Å². The topological polar surface area (TPSA) is 90.3 Å². The Morgan fingerprint density at radius 1 is 1.21 bits per heavy atom. The highest BCUT2D eigenvalue weighted by Crippen LogP contribution is 2.25. The number of carbonyl (C=O) groups excluding carboxylic acids is 1.